The molecule has 3 aromatic rings. The van der Waals surface area contributed by atoms with E-state index in [0.717, 1.165) is 97.5 Å². The highest BCUT2D eigenvalue weighted by atomic mass is 32.1. The lowest BCUT2D eigenvalue weighted by molar-refractivity contribution is -0.137. The number of benzene rings is 2. The molecule has 0 spiro atoms. The van der Waals surface area contributed by atoms with Gasteiger partial charge in [0.1, 0.15) is 6.04 Å². The standard InChI is InChI=1S/C42H46N6O7S/c1-24-35(27-10-11-30-26(20-27)14-18-47(30)37(52)25-8-9-25)46-40(56-24)45-33(50)21-41-15-16-42(22-41,23-41)55-19-4-2-3-17-43-29-7-5-6-28-34(29)39(54)48(38(28)53)31-12-13-32(49)44-36(31)51/h5-7,10-11,20,25,31,43H,2-4,8-9,12-19,21-23H2,1H3,(H,44,49,51)(H,45,46,50). The second-order valence-electron chi connectivity index (χ2n) is 16.6. The molecular formula is C42H46N6O7S. The Kier molecular flexibility index (Phi) is 9.31. The highest BCUT2D eigenvalue weighted by Gasteiger charge is 2.62. The molecule has 292 valence electrons. The van der Waals surface area contributed by atoms with Crippen molar-refractivity contribution in [3.05, 3.63) is 58.0 Å². The maximum Gasteiger partial charge on any atom is 0.264 e. The van der Waals surface area contributed by atoms with Crippen LogP contribution in [0.5, 0.6) is 0 Å². The Balaban J connectivity index is 0.703. The van der Waals surface area contributed by atoms with Crippen molar-refractivity contribution in [3.8, 4) is 11.3 Å². The first kappa shape index (κ1) is 36.7. The van der Waals surface area contributed by atoms with Gasteiger partial charge in [0.25, 0.3) is 11.8 Å². The van der Waals surface area contributed by atoms with Gasteiger partial charge in [0, 0.05) is 60.3 Å². The number of ether oxygens (including phenoxy) is 1. The third-order valence-electron chi connectivity index (χ3n) is 12.5. The number of amides is 6. The van der Waals surface area contributed by atoms with Crippen molar-refractivity contribution in [3.63, 3.8) is 0 Å². The average molecular weight is 779 g/mol. The summed E-state index contributed by atoms with van der Waals surface area (Å²) >= 11 is 1.50. The number of imide groups is 2. The van der Waals surface area contributed by atoms with Crippen LogP contribution in [0, 0.1) is 18.3 Å². The molecule has 2 bridgehead atoms. The van der Waals surface area contributed by atoms with Gasteiger partial charge in [-0.25, -0.2) is 4.98 Å². The Morgan fingerprint density at radius 1 is 1.00 bits per heavy atom. The van der Waals surface area contributed by atoms with Gasteiger partial charge in [0.2, 0.25) is 23.6 Å². The van der Waals surface area contributed by atoms with E-state index in [1.165, 1.54) is 16.9 Å². The number of aryl methyl sites for hydroxylation is 1. The molecule has 14 heteroatoms. The minimum Gasteiger partial charge on any atom is -0.384 e. The van der Waals surface area contributed by atoms with Crippen molar-refractivity contribution in [1.82, 2.24) is 15.2 Å². The van der Waals surface area contributed by atoms with E-state index in [0.29, 0.717) is 30.4 Å². The molecule has 13 nitrogen and oxygen atoms in total. The van der Waals surface area contributed by atoms with Crippen molar-refractivity contribution in [1.29, 1.82) is 0 Å². The number of piperidine rings is 1. The maximum atomic E-state index is 13.3. The zero-order chi connectivity index (χ0) is 38.8. The average Bonchev–Trinajstić information content (AvgIpc) is 3.36. The van der Waals surface area contributed by atoms with Crippen LogP contribution in [-0.4, -0.2) is 76.7 Å². The van der Waals surface area contributed by atoms with Crippen LogP contribution in [0.1, 0.15) is 108 Å². The summed E-state index contributed by atoms with van der Waals surface area (Å²) < 4.78 is 6.43. The number of hydrogen-bond donors (Lipinski definition) is 3. The molecule has 10 rings (SSSR count). The fourth-order valence-corrected chi connectivity index (χ4v) is 10.5. The number of nitrogens with one attached hydrogen (secondary N) is 3. The van der Waals surface area contributed by atoms with Crippen LogP contribution in [-0.2, 0) is 30.3 Å². The summed E-state index contributed by atoms with van der Waals surface area (Å²) in [6.45, 7) is 4.02. The van der Waals surface area contributed by atoms with Crippen molar-refractivity contribution in [2.75, 3.05) is 35.2 Å². The zero-order valence-electron chi connectivity index (χ0n) is 31.5. The number of fused-ring (bicyclic) bond motifs is 3. The van der Waals surface area contributed by atoms with E-state index in [9.17, 15) is 28.8 Å². The first-order valence-electron chi connectivity index (χ1n) is 20.0. The van der Waals surface area contributed by atoms with Gasteiger partial charge in [0.15, 0.2) is 5.13 Å². The van der Waals surface area contributed by atoms with Crippen LogP contribution in [0.15, 0.2) is 36.4 Å². The monoisotopic (exact) mass is 778 g/mol. The summed E-state index contributed by atoms with van der Waals surface area (Å²) in [5.74, 6) is -1.61. The van der Waals surface area contributed by atoms with Gasteiger partial charge in [-0.2, -0.15) is 0 Å². The molecular weight excluding hydrogens is 733 g/mol. The van der Waals surface area contributed by atoms with Crippen molar-refractivity contribution in [2.45, 2.75) is 102 Å². The SMILES string of the molecule is Cc1sc(NC(=O)CC23CCC(OCCCCCNc4cccc5c4C(=O)N(C4CCC(=O)NC4=O)C5=O)(C2)C3)nc1-c1ccc2c(c1)CCN2C(=O)C1CC1. The second kappa shape index (κ2) is 14.2. The molecule has 1 saturated heterocycles. The molecule has 3 N–H and O–H groups in total. The van der Waals surface area contributed by atoms with E-state index in [1.807, 2.05) is 24.0 Å². The van der Waals surface area contributed by atoms with E-state index in [2.05, 4.69) is 22.0 Å². The minimum absolute atomic E-state index is 0.00436. The molecule has 4 aliphatic carbocycles. The summed E-state index contributed by atoms with van der Waals surface area (Å²) in [6.07, 6.45) is 9.89. The highest BCUT2D eigenvalue weighted by molar-refractivity contribution is 7.16. The first-order chi connectivity index (χ1) is 27.0. The van der Waals surface area contributed by atoms with Crippen LogP contribution in [0.25, 0.3) is 11.3 Å². The van der Waals surface area contributed by atoms with Gasteiger partial charge in [0.05, 0.1) is 22.4 Å². The molecule has 5 fully saturated rings. The lowest BCUT2D eigenvalue weighted by atomic mass is 9.65. The molecule has 0 radical (unpaired) electrons. The van der Waals surface area contributed by atoms with Crippen molar-refractivity contribution in [2.24, 2.45) is 11.3 Å². The molecule has 1 unspecified atom stereocenters. The van der Waals surface area contributed by atoms with Gasteiger partial charge < -0.3 is 20.3 Å². The molecule has 4 saturated carbocycles. The number of unbranched alkanes of at least 4 members (excludes halogenated alkanes) is 2. The highest BCUT2D eigenvalue weighted by Crippen LogP contribution is 2.65. The van der Waals surface area contributed by atoms with Gasteiger partial charge in [-0.3, -0.25) is 39.0 Å². The number of carbonyl (C=O) groups excluding carboxylic acids is 6. The van der Waals surface area contributed by atoms with Crippen LogP contribution < -0.4 is 20.9 Å². The van der Waals surface area contributed by atoms with Crippen LogP contribution in [0.3, 0.4) is 0 Å². The number of carbonyl (C=O) groups is 6. The van der Waals surface area contributed by atoms with E-state index in [4.69, 9.17) is 9.72 Å². The second-order valence-corrected chi connectivity index (χ2v) is 17.8. The maximum absolute atomic E-state index is 13.3. The lowest BCUT2D eigenvalue weighted by Gasteiger charge is -2.47. The fourth-order valence-electron chi connectivity index (χ4n) is 9.68. The largest absolute Gasteiger partial charge is 0.384 e. The Labute approximate surface area is 328 Å². The smallest absolute Gasteiger partial charge is 0.264 e. The fraction of sp³-hybridized carbons (Fsp3) is 0.500. The molecule has 4 heterocycles. The third-order valence-corrected chi connectivity index (χ3v) is 13.4. The van der Waals surface area contributed by atoms with Crippen LogP contribution in [0.4, 0.5) is 16.5 Å². The van der Waals surface area contributed by atoms with E-state index >= 15 is 0 Å². The van der Waals surface area contributed by atoms with Gasteiger partial charge in [-0.05, 0) is 113 Å². The number of rotatable bonds is 14. The van der Waals surface area contributed by atoms with Crippen LogP contribution in [0.2, 0.25) is 0 Å². The van der Waals surface area contributed by atoms with E-state index in [1.54, 1.807) is 18.2 Å². The Morgan fingerprint density at radius 3 is 2.64 bits per heavy atom. The Bertz CT molecular complexity index is 2170. The summed E-state index contributed by atoms with van der Waals surface area (Å²) in [4.78, 5) is 85.2. The molecule has 2 aromatic carbocycles. The summed E-state index contributed by atoms with van der Waals surface area (Å²) in [5.41, 5.74) is 5.02. The van der Waals surface area contributed by atoms with Gasteiger partial charge in [-0.15, -0.1) is 11.3 Å². The number of hydrogen-bond acceptors (Lipinski definition) is 10. The number of thiazole rings is 1. The lowest BCUT2D eigenvalue weighted by Crippen LogP contribution is -2.54. The minimum atomic E-state index is -0.993. The van der Waals surface area contributed by atoms with Crippen molar-refractivity contribution >= 4 is 63.3 Å². The summed E-state index contributed by atoms with van der Waals surface area (Å²) in [6, 6.07) is 10.3. The Morgan fingerprint density at radius 2 is 1.84 bits per heavy atom. The van der Waals surface area contributed by atoms with E-state index < -0.39 is 29.7 Å². The quantitative estimate of drug-likeness (QED) is 0.136. The topological polar surface area (TPSA) is 167 Å². The number of nitrogens with zero attached hydrogens (tertiary/aromatic N) is 3. The van der Waals surface area contributed by atoms with Gasteiger partial charge >= 0.3 is 0 Å². The Hall–Kier alpha value is -4.95. The van der Waals surface area contributed by atoms with E-state index in [-0.39, 0.29) is 52.7 Å². The van der Waals surface area contributed by atoms with Crippen molar-refractivity contribution < 1.29 is 33.5 Å². The predicted molar refractivity (Wildman–Crippen MR) is 209 cm³/mol. The predicted octanol–water partition coefficient (Wildman–Crippen LogP) is 5.76. The molecule has 7 aliphatic rings. The zero-order valence-corrected chi connectivity index (χ0v) is 32.4. The normalized spacial score (nSPS) is 24.9. The molecule has 56 heavy (non-hydrogen) atoms. The van der Waals surface area contributed by atoms with Crippen LogP contribution >= 0.6 is 11.3 Å². The third kappa shape index (κ3) is 6.70. The summed E-state index contributed by atoms with van der Waals surface area (Å²) in [7, 11) is 0. The number of aromatic nitrogens is 1. The van der Waals surface area contributed by atoms with Gasteiger partial charge in [-0.1, -0.05) is 12.1 Å². The molecule has 3 aliphatic heterocycles. The first-order valence-corrected chi connectivity index (χ1v) is 20.8. The molecule has 6 amide bonds. The summed E-state index contributed by atoms with van der Waals surface area (Å²) in [5, 5.41) is 9.24. The molecule has 1 atom stereocenters. The molecule has 1 aromatic heterocycles. The number of anilines is 3.